The molecule has 0 saturated carbocycles. The van der Waals surface area contributed by atoms with Crippen LogP contribution in [0.3, 0.4) is 0 Å². The Morgan fingerprint density at radius 2 is 0.758 bits per heavy atom. The molecule has 0 spiro atoms. The highest BCUT2D eigenvalue weighted by Gasteiger charge is 2.44. The Kier molecular flexibility index (Phi) is 25.2. The first-order valence-corrected chi connectivity index (χ1v) is 32.9. The Bertz CT molecular complexity index is 2950. The van der Waals surface area contributed by atoms with Crippen LogP contribution >= 0.6 is 0 Å². The maximum atomic E-state index is 13.6. The summed E-state index contributed by atoms with van der Waals surface area (Å²) in [6.07, 6.45) is -9.28. The molecule has 95 heavy (non-hydrogen) atoms. The number of esters is 3. The molecule has 3 aromatic carbocycles. The van der Waals surface area contributed by atoms with Crippen LogP contribution in [-0.2, 0) is 56.6 Å². The number of hydrogen-bond donors (Lipinski definition) is 2. The van der Waals surface area contributed by atoms with E-state index < -0.39 is 58.6 Å². The summed E-state index contributed by atoms with van der Waals surface area (Å²) in [7, 11) is 4.05. The van der Waals surface area contributed by atoms with E-state index in [9.17, 15) is 68.6 Å². The summed E-state index contributed by atoms with van der Waals surface area (Å²) in [5, 5.41) is 13.4. The van der Waals surface area contributed by atoms with Gasteiger partial charge in [-0.05, 0) is 152 Å². The van der Waals surface area contributed by atoms with Gasteiger partial charge in [-0.25, -0.2) is 9.59 Å². The molecule has 6 saturated heterocycles. The van der Waals surface area contributed by atoms with E-state index in [1.807, 2.05) is 42.4 Å². The van der Waals surface area contributed by atoms with Gasteiger partial charge in [-0.2, -0.15) is 39.5 Å². The second-order valence-corrected chi connectivity index (χ2v) is 27.7. The number of benzene rings is 3. The van der Waals surface area contributed by atoms with Crippen molar-refractivity contribution in [1.82, 2.24) is 15.1 Å². The summed E-state index contributed by atoms with van der Waals surface area (Å²) in [6, 6.07) is 11.7. The first kappa shape index (κ1) is 75.7. The summed E-state index contributed by atoms with van der Waals surface area (Å²) in [6.45, 7) is 20.6. The molecule has 2 amide bonds. The Morgan fingerprint density at radius 3 is 1.04 bits per heavy atom. The molecule has 2 N–H and O–H groups in total. The van der Waals surface area contributed by atoms with Crippen molar-refractivity contribution in [2.24, 2.45) is 35.5 Å². The predicted octanol–water partition coefficient (Wildman–Crippen LogP) is 13.3. The molecule has 17 nitrogen and oxygen atoms in total. The molecule has 0 aromatic heterocycles. The van der Waals surface area contributed by atoms with Gasteiger partial charge in [0.2, 0.25) is 0 Å². The third-order valence-electron chi connectivity index (χ3n) is 19.2. The van der Waals surface area contributed by atoms with E-state index in [4.69, 9.17) is 23.7 Å². The van der Waals surface area contributed by atoms with Gasteiger partial charge < -0.3 is 58.6 Å². The van der Waals surface area contributed by atoms with E-state index in [-0.39, 0.29) is 84.9 Å². The third kappa shape index (κ3) is 19.5. The lowest BCUT2D eigenvalue weighted by atomic mass is 9.85. The molecule has 6 atom stereocenters. The van der Waals surface area contributed by atoms with Gasteiger partial charge in [0.1, 0.15) is 11.2 Å². The molecule has 9 rings (SSSR count). The number of carbonyl (C=O) groups is 5. The van der Waals surface area contributed by atoms with Crippen LogP contribution in [0.4, 0.5) is 66.2 Å². The van der Waals surface area contributed by atoms with E-state index >= 15 is 0 Å². The van der Waals surface area contributed by atoms with Crippen molar-refractivity contribution < 1.29 is 92.3 Å². The number of aliphatic hydroxyl groups is 1. The zero-order chi connectivity index (χ0) is 70.1. The fourth-order valence-corrected chi connectivity index (χ4v) is 14.0. The minimum Gasteiger partial charge on any atom is -0.469 e. The van der Waals surface area contributed by atoms with Crippen molar-refractivity contribution in [1.29, 1.82) is 0 Å². The number of carbonyl (C=O) groups excluding carboxylic acids is 5. The normalized spacial score (nSPS) is 22.7. The number of hydrogen-bond acceptors (Lipinski definition) is 15. The van der Waals surface area contributed by atoms with Gasteiger partial charge in [0, 0.05) is 119 Å². The average molecular weight is 1360 g/mol. The van der Waals surface area contributed by atoms with Gasteiger partial charge in [-0.1, -0.05) is 44.9 Å². The highest BCUT2D eigenvalue weighted by atomic mass is 19.4. The third-order valence-corrected chi connectivity index (χ3v) is 19.2. The van der Waals surface area contributed by atoms with Gasteiger partial charge in [-0.15, -0.1) is 0 Å². The number of alkyl halides is 9. The quantitative estimate of drug-likeness (QED) is 0.0993. The van der Waals surface area contributed by atoms with Gasteiger partial charge in [0.05, 0.1) is 55.8 Å². The van der Waals surface area contributed by atoms with Crippen LogP contribution in [0.5, 0.6) is 0 Å². The number of nitrogens with zero attached hydrogens (tertiary/aromatic N) is 5. The maximum absolute atomic E-state index is 13.6. The van der Waals surface area contributed by atoms with Gasteiger partial charge in [-0.3, -0.25) is 14.4 Å². The van der Waals surface area contributed by atoms with Crippen molar-refractivity contribution >= 4 is 47.2 Å². The highest BCUT2D eigenvalue weighted by molar-refractivity contribution is 5.75. The van der Waals surface area contributed by atoms with E-state index in [2.05, 4.69) is 12.2 Å². The molecule has 530 valence electrons. The standard InChI is InChI=1S/C25H35F3N2O4.C24H33F3N2O5.C20H27F3N2O2/c1-6-16-14-30(23(32)34-24(2,3)4)15-20(16)19-8-7-18(25(26,27)28)13-21(19)29-11-9-17(10-12-29)22(31)33-5;1-23(2,3)34-22(32)29-12-16(14-30)19(13-29)18-6-5-17(24(25,26)27)11-20(18)28-9-7-15(8-10-28)21(31)33-4;1-3-13-11-24-12-17(13)16-5-4-15(20(21,22)23)10-18(16)25-8-6-14(7-9-25)19(26)27-2/h7-8,13,16-17,20H,6,9-12,14-15H2,1-5H3;5-6,11,15-16,19,30H,7-10,12-14H2,1-4H3;4-5,10,13-14,17,24H,3,6-9,11-12H2,1-2H3/t16-,20-;16-,19+;13-,17-/m010/s1. The number of piperidine rings is 3. The van der Waals surface area contributed by atoms with Crippen LogP contribution < -0.4 is 20.0 Å². The molecule has 0 radical (unpaired) electrons. The van der Waals surface area contributed by atoms with Crippen molar-refractivity contribution in [3.63, 3.8) is 0 Å². The highest BCUT2D eigenvalue weighted by Crippen LogP contribution is 2.46. The van der Waals surface area contributed by atoms with Gasteiger partial charge in [0.25, 0.3) is 0 Å². The number of likely N-dealkylation sites (tertiary alicyclic amines) is 2. The molecule has 6 fully saturated rings. The molecule has 6 heterocycles. The van der Waals surface area contributed by atoms with Crippen LogP contribution in [0, 0.1) is 35.5 Å². The van der Waals surface area contributed by atoms with Crippen LogP contribution in [0.25, 0.3) is 0 Å². The maximum Gasteiger partial charge on any atom is 0.416 e. The van der Waals surface area contributed by atoms with Crippen molar-refractivity contribution in [3.05, 3.63) is 88.0 Å². The lowest BCUT2D eigenvalue weighted by molar-refractivity contribution is -0.146. The van der Waals surface area contributed by atoms with Gasteiger partial charge >= 0.3 is 48.6 Å². The number of halogens is 9. The zero-order valence-corrected chi connectivity index (χ0v) is 56.4. The summed E-state index contributed by atoms with van der Waals surface area (Å²) in [5.41, 5.74) is 0.679. The van der Waals surface area contributed by atoms with Crippen LogP contribution in [0.2, 0.25) is 0 Å². The number of aliphatic hydroxyl groups excluding tert-OH is 1. The summed E-state index contributed by atoms with van der Waals surface area (Å²) >= 11 is 0. The second-order valence-electron chi connectivity index (χ2n) is 27.7. The Hall–Kier alpha value is -6.70. The number of methoxy groups -OCH3 is 3. The number of ether oxygens (including phenoxy) is 5. The van der Waals surface area contributed by atoms with Crippen LogP contribution in [0.1, 0.15) is 158 Å². The fourth-order valence-electron chi connectivity index (χ4n) is 14.0. The lowest BCUT2D eigenvalue weighted by Gasteiger charge is -2.35. The fraction of sp³-hybridized carbons (Fsp3) is 0.667. The Morgan fingerprint density at radius 1 is 0.453 bits per heavy atom. The minimum atomic E-state index is -4.51. The molecular weight excluding hydrogens is 1260 g/mol. The molecule has 26 heteroatoms. The Balaban J connectivity index is 0.000000203. The van der Waals surface area contributed by atoms with E-state index in [0.717, 1.165) is 55.3 Å². The average Bonchev–Trinajstić information content (AvgIpc) is 1.77. The molecular formula is C69H95F9N6O11. The first-order valence-electron chi connectivity index (χ1n) is 32.9. The minimum absolute atomic E-state index is 0.104. The van der Waals surface area contributed by atoms with E-state index in [1.165, 1.54) is 50.5 Å². The number of anilines is 3. The second kappa shape index (κ2) is 31.7. The number of rotatable bonds is 12. The molecule has 3 aromatic rings. The smallest absolute Gasteiger partial charge is 0.416 e. The SMILES string of the molecule is CC[C@H]1CN(C(=O)OC(C)(C)C)C[C@@H]1c1ccc(C(F)(F)F)cc1N1CCC(C(=O)OC)CC1.CC[C@H]1CNC[C@@H]1c1ccc(C(F)(F)F)cc1N1CCC(C(=O)OC)CC1.COC(=O)C1CCN(c2cc(C(F)(F)F)ccc2[C@H]2CN(C(=O)OC(C)(C)C)C[C@@H]2CO)CC1. The zero-order valence-electron chi connectivity index (χ0n) is 56.4. The molecule has 6 aliphatic heterocycles. The summed E-state index contributed by atoms with van der Waals surface area (Å²) in [5.74, 6) is -1.57. The molecule has 0 bridgehead atoms. The topological polar surface area (TPSA) is 180 Å². The lowest BCUT2D eigenvalue weighted by Crippen LogP contribution is -2.38. The van der Waals surface area contributed by atoms with Crippen LogP contribution in [-0.4, -0.2) is 163 Å². The summed E-state index contributed by atoms with van der Waals surface area (Å²) in [4.78, 5) is 69.8. The molecule has 6 aliphatic rings. The van der Waals surface area contributed by atoms with Crippen molar-refractivity contribution in [2.45, 2.75) is 154 Å². The largest absolute Gasteiger partial charge is 0.469 e. The predicted molar refractivity (Wildman–Crippen MR) is 340 cm³/mol. The van der Waals surface area contributed by atoms with E-state index in [0.29, 0.717) is 119 Å². The van der Waals surface area contributed by atoms with Crippen molar-refractivity contribution in [3.8, 4) is 0 Å². The van der Waals surface area contributed by atoms with Crippen LogP contribution in [0.15, 0.2) is 54.6 Å². The van der Waals surface area contributed by atoms with E-state index in [1.54, 1.807) is 37.8 Å². The molecule has 0 aliphatic carbocycles. The first-order chi connectivity index (χ1) is 44.5. The molecule has 0 unspecified atom stereocenters. The van der Waals surface area contributed by atoms with Crippen molar-refractivity contribution in [2.75, 3.05) is 121 Å². The number of amides is 2. The number of nitrogens with one attached hydrogen (secondary N) is 1. The summed E-state index contributed by atoms with van der Waals surface area (Å²) < 4.78 is 147. The monoisotopic (exact) mass is 1350 g/mol. The van der Waals surface area contributed by atoms with Gasteiger partial charge in [0.15, 0.2) is 0 Å². The Labute approximate surface area is 551 Å².